The molecule has 0 bridgehead atoms. The van der Waals surface area contributed by atoms with Crippen molar-refractivity contribution in [2.24, 2.45) is 0 Å². The summed E-state index contributed by atoms with van der Waals surface area (Å²) >= 11 is 0. The number of rotatable bonds is 3. The summed E-state index contributed by atoms with van der Waals surface area (Å²) in [4.78, 5) is 14.9. The first-order valence-electron chi connectivity index (χ1n) is 8.55. The number of carbonyl (C=O) groups excluding carboxylic acids is 1. The monoisotopic (exact) mass is 385 g/mol. The van der Waals surface area contributed by atoms with E-state index in [0.717, 1.165) is 11.1 Å². The first kappa shape index (κ1) is 17.6. The molecule has 2 aromatic carbocycles. The van der Waals surface area contributed by atoms with Crippen LogP contribution in [0.4, 0.5) is 5.69 Å². The molecule has 7 heteroatoms. The van der Waals surface area contributed by atoms with Crippen molar-refractivity contribution in [2.45, 2.75) is 19.9 Å². The molecule has 2 aromatic rings. The molecular formula is C20H19NO5S. The molecule has 1 atom stereocenters. The fraction of sp³-hybridized carbons (Fsp3) is 0.250. The van der Waals surface area contributed by atoms with Crippen molar-refractivity contribution in [3.63, 3.8) is 0 Å². The summed E-state index contributed by atoms with van der Waals surface area (Å²) in [6.07, 6.45) is 1.56. The van der Waals surface area contributed by atoms with Gasteiger partial charge >= 0.3 is 0 Å². The molecule has 0 aliphatic carbocycles. The van der Waals surface area contributed by atoms with Gasteiger partial charge in [-0.1, -0.05) is 6.07 Å². The number of sulfone groups is 1. The summed E-state index contributed by atoms with van der Waals surface area (Å²) < 4.78 is 34.6. The second-order valence-corrected chi connectivity index (χ2v) is 8.67. The number of nitrogens with zero attached hydrogens (tertiary/aromatic N) is 1. The maximum Gasteiger partial charge on any atom is 0.258 e. The van der Waals surface area contributed by atoms with Crippen molar-refractivity contribution >= 4 is 21.4 Å². The molecule has 0 spiro atoms. The highest BCUT2D eigenvalue weighted by molar-refractivity contribution is 7.94. The Bertz CT molecular complexity index is 1060. The molecule has 0 fully saturated rings. The molecule has 140 valence electrons. The van der Waals surface area contributed by atoms with E-state index in [4.69, 9.17) is 9.47 Å². The van der Waals surface area contributed by atoms with Gasteiger partial charge in [-0.2, -0.15) is 0 Å². The Balaban J connectivity index is 1.76. The smallest absolute Gasteiger partial charge is 0.258 e. The van der Waals surface area contributed by atoms with Gasteiger partial charge in [0.15, 0.2) is 21.3 Å². The molecule has 2 aliphatic heterocycles. The van der Waals surface area contributed by atoms with Gasteiger partial charge in [-0.3, -0.25) is 4.79 Å². The number of benzene rings is 2. The van der Waals surface area contributed by atoms with E-state index >= 15 is 0 Å². The second-order valence-electron chi connectivity index (χ2n) is 6.74. The largest absolute Gasteiger partial charge is 0.454 e. The SMILES string of the molecule is Cc1ccc(N(C(=O)c2ccc3c(c2)OCO3)[C@@H]2C=CS(=O)(=O)C2)cc1C. The van der Waals surface area contributed by atoms with Crippen molar-refractivity contribution in [1.29, 1.82) is 0 Å². The van der Waals surface area contributed by atoms with Crippen LogP contribution in [0.3, 0.4) is 0 Å². The summed E-state index contributed by atoms with van der Waals surface area (Å²) in [6.45, 7) is 4.07. The Labute approximate surface area is 157 Å². The minimum Gasteiger partial charge on any atom is -0.454 e. The number of hydrogen-bond donors (Lipinski definition) is 0. The lowest BCUT2D eigenvalue weighted by Crippen LogP contribution is -2.41. The van der Waals surface area contributed by atoms with E-state index in [2.05, 4.69) is 0 Å². The highest BCUT2D eigenvalue weighted by Gasteiger charge is 2.32. The Morgan fingerprint density at radius 2 is 1.81 bits per heavy atom. The predicted molar refractivity (Wildman–Crippen MR) is 102 cm³/mol. The van der Waals surface area contributed by atoms with E-state index in [1.165, 1.54) is 10.3 Å². The third-order valence-corrected chi connectivity index (χ3v) is 6.23. The first-order chi connectivity index (χ1) is 12.8. The van der Waals surface area contributed by atoms with Gasteiger partial charge < -0.3 is 14.4 Å². The van der Waals surface area contributed by atoms with Gasteiger partial charge in [-0.05, 0) is 61.4 Å². The number of amides is 1. The molecule has 6 nitrogen and oxygen atoms in total. The molecule has 0 unspecified atom stereocenters. The predicted octanol–water partition coefficient (Wildman–Crippen LogP) is 2.99. The molecule has 27 heavy (non-hydrogen) atoms. The van der Waals surface area contributed by atoms with Crippen molar-refractivity contribution in [3.8, 4) is 11.5 Å². The van der Waals surface area contributed by atoms with Gasteiger partial charge in [0.25, 0.3) is 5.91 Å². The lowest BCUT2D eigenvalue weighted by molar-refractivity contribution is 0.0982. The first-order valence-corrected chi connectivity index (χ1v) is 10.3. The van der Waals surface area contributed by atoms with E-state index in [1.54, 1.807) is 24.3 Å². The molecule has 4 rings (SSSR count). The number of anilines is 1. The zero-order valence-corrected chi connectivity index (χ0v) is 15.8. The van der Waals surface area contributed by atoms with E-state index in [1.807, 2.05) is 32.0 Å². The Hall–Kier alpha value is -2.80. The Morgan fingerprint density at radius 1 is 1.04 bits per heavy atom. The molecular weight excluding hydrogens is 366 g/mol. The van der Waals surface area contributed by atoms with Gasteiger partial charge in [-0.15, -0.1) is 0 Å². The van der Waals surface area contributed by atoms with Gasteiger partial charge in [0.1, 0.15) is 0 Å². The number of fused-ring (bicyclic) bond motifs is 1. The fourth-order valence-corrected chi connectivity index (χ4v) is 4.49. The van der Waals surface area contributed by atoms with Crippen molar-refractivity contribution in [3.05, 3.63) is 64.6 Å². The standard InChI is InChI=1S/C20H19NO5S/c1-13-3-5-16(9-14(13)2)21(17-7-8-27(23,24)11-17)20(22)15-4-6-18-19(10-15)26-12-25-18/h3-10,17H,11-12H2,1-2H3/t17-/m1/s1. The van der Waals surface area contributed by atoms with Crippen LogP contribution in [-0.2, 0) is 9.84 Å². The summed E-state index contributed by atoms with van der Waals surface area (Å²) in [6, 6.07) is 10.1. The quantitative estimate of drug-likeness (QED) is 0.812. The minimum atomic E-state index is -3.31. The zero-order valence-electron chi connectivity index (χ0n) is 15.0. The van der Waals surface area contributed by atoms with E-state index in [-0.39, 0.29) is 18.5 Å². The molecule has 0 saturated carbocycles. The molecule has 0 saturated heterocycles. The van der Waals surface area contributed by atoms with E-state index in [0.29, 0.717) is 22.7 Å². The number of hydrogen-bond acceptors (Lipinski definition) is 5. The van der Waals surface area contributed by atoms with Gasteiger partial charge in [-0.25, -0.2) is 8.42 Å². The number of aryl methyl sites for hydroxylation is 2. The van der Waals surface area contributed by atoms with Crippen LogP contribution in [0.5, 0.6) is 11.5 Å². The summed E-state index contributed by atoms with van der Waals surface area (Å²) in [7, 11) is -3.31. The number of ether oxygens (including phenoxy) is 2. The summed E-state index contributed by atoms with van der Waals surface area (Å²) in [5, 5.41) is 1.18. The lowest BCUT2D eigenvalue weighted by Gasteiger charge is -2.28. The average Bonchev–Trinajstić information content (AvgIpc) is 3.23. The normalized spacial score (nSPS) is 19.3. The minimum absolute atomic E-state index is 0.122. The third kappa shape index (κ3) is 3.30. The summed E-state index contributed by atoms with van der Waals surface area (Å²) in [5.41, 5.74) is 3.20. The Morgan fingerprint density at radius 3 is 2.52 bits per heavy atom. The van der Waals surface area contributed by atoms with Crippen LogP contribution in [0.1, 0.15) is 21.5 Å². The molecule has 0 N–H and O–H groups in total. The fourth-order valence-electron chi connectivity index (χ4n) is 3.22. The van der Waals surface area contributed by atoms with Crippen LogP contribution in [0.2, 0.25) is 0 Å². The third-order valence-electron chi connectivity index (χ3n) is 4.85. The molecule has 2 heterocycles. The van der Waals surface area contributed by atoms with Crippen molar-refractivity contribution < 1.29 is 22.7 Å². The van der Waals surface area contributed by atoms with Crippen molar-refractivity contribution in [1.82, 2.24) is 0 Å². The second kappa shape index (κ2) is 6.42. The van der Waals surface area contributed by atoms with E-state index < -0.39 is 15.9 Å². The highest BCUT2D eigenvalue weighted by Crippen LogP contribution is 2.34. The van der Waals surface area contributed by atoms with Gasteiger partial charge in [0.05, 0.1) is 11.8 Å². The average molecular weight is 385 g/mol. The molecule has 1 amide bonds. The van der Waals surface area contributed by atoms with Crippen LogP contribution in [-0.4, -0.2) is 32.9 Å². The highest BCUT2D eigenvalue weighted by atomic mass is 32.2. The maximum atomic E-state index is 13.3. The van der Waals surface area contributed by atoms with Crippen LogP contribution < -0.4 is 14.4 Å². The van der Waals surface area contributed by atoms with Crippen LogP contribution in [0, 0.1) is 13.8 Å². The molecule has 0 radical (unpaired) electrons. The van der Waals surface area contributed by atoms with E-state index in [9.17, 15) is 13.2 Å². The maximum absolute atomic E-state index is 13.3. The Kier molecular flexibility index (Phi) is 4.19. The lowest BCUT2D eigenvalue weighted by atomic mass is 10.1. The van der Waals surface area contributed by atoms with Gasteiger partial charge in [0.2, 0.25) is 6.79 Å². The van der Waals surface area contributed by atoms with Gasteiger partial charge in [0, 0.05) is 16.7 Å². The van der Waals surface area contributed by atoms with Crippen LogP contribution >= 0.6 is 0 Å². The summed E-state index contributed by atoms with van der Waals surface area (Å²) in [5.74, 6) is 0.683. The van der Waals surface area contributed by atoms with Crippen LogP contribution in [0.15, 0.2) is 47.9 Å². The van der Waals surface area contributed by atoms with Crippen molar-refractivity contribution in [2.75, 3.05) is 17.4 Å². The zero-order chi connectivity index (χ0) is 19.2. The topological polar surface area (TPSA) is 72.9 Å². The number of carbonyl (C=O) groups is 1. The van der Waals surface area contributed by atoms with Crippen LogP contribution in [0.25, 0.3) is 0 Å². The molecule has 2 aliphatic rings. The molecule has 0 aromatic heterocycles.